The molecule has 1 aromatic heterocycles. The number of H-pyrrole nitrogens is 1. The molecule has 1 atom stereocenters. The molecule has 0 aliphatic heterocycles. The Kier molecular flexibility index (Phi) is 5.10. The topological polar surface area (TPSA) is 66.0 Å². The SMILES string of the molecule is Cc1cc(Cl)ccc1C(CC(=O)O)Cc1nc2ccc(I)cc2[nH]1. The predicted octanol–water partition coefficient (Wildman–Crippen LogP) is 4.93. The minimum absolute atomic E-state index is 0.0526. The number of rotatable bonds is 5. The fourth-order valence-corrected chi connectivity index (χ4v) is 3.68. The molecule has 1 unspecified atom stereocenters. The molecule has 0 aliphatic rings. The van der Waals surface area contributed by atoms with E-state index in [1.54, 1.807) is 6.07 Å². The van der Waals surface area contributed by atoms with E-state index in [2.05, 4.69) is 32.6 Å². The summed E-state index contributed by atoms with van der Waals surface area (Å²) in [6.07, 6.45) is 0.594. The third kappa shape index (κ3) is 3.89. The lowest BCUT2D eigenvalue weighted by atomic mass is 9.89. The van der Waals surface area contributed by atoms with Gasteiger partial charge in [0.1, 0.15) is 5.82 Å². The van der Waals surface area contributed by atoms with Gasteiger partial charge in [-0.25, -0.2) is 4.98 Å². The minimum atomic E-state index is -0.819. The zero-order valence-corrected chi connectivity index (χ0v) is 15.9. The Morgan fingerprint density at radius 1 is 1.33 bits per heavy atom. The molecule has 0 bridgehead atoms. The second kappa shape index (κ2) is 7.11. The third-order valence-electron chi connectivity index (χ3n) is 4.03. The van der Waals surface area contributed by atoms with Gasteiger partial charge >= 0.3 is 5.97 Å². The number of fused-ring (bicyclic) bond motifs is 1. The van der Waals surface area contributed by atoms with Gasteiger partial charge in [0.15, 0.2) is 0 Å². The van der Waals surface area contributed by atoms with Gasteiger partial charge in [0, 0.05) is 20.9 Å². The molecular formula is C18H16ClIN2O2. The van der Waals surface area contributed by atoms with Crippen LogP contribution in [0.25, 0.3) is 11.0 Å². The number of nitrogens with one attached hydrogen (secondary N) is 1. The third-order valence-corrected chi connectivity index (χ3v) is 4.93. The summed E-state index contributed by atoms with van der Waals surface area (Å²) in [5.74, 6) is -0.174. The number of aryl methyl sites for hydroxylation is 1. The summed E-state index contributed by atoms with van der Waals surface area (Å²) < 4.78 is 1.13. The van der Waals surface area contributed by atoms with Gasteiger partial charge < -0.3 is 10.1 Å². The zero-order chi connectivity index (χ0) is 17.3. The second-order valence-electron chi connectivity index (χ2n) is 5.84. The largest absolute Gasteiger partial charge is 0.481 e. The van der Waals surface area contributed by atoms with E-state index in [0.29, 0.717) is 11.4 Å². The van der Waals surface area contributed by atoms with Gasteiger partial charge in [-0.1, -0.05) is 17.7 Å². The quantitative estimate of drug-likeness (QED) is 0.537. The molecule has 1 heterocycles. The van der Waals surface area contributed by atoms with Crippen molar-refractivity contribution in [2.45, 2.75) is 25.7 Å². The number of benzene rings is 2. The van der Waals surface area contributed by atoms with Crippen molar-refractivity contribution in [1.82, 2.24) is 9.97 Å². The van der Waals surface area contributed by atoms with Crippen molar-refractivity contribution in [1.29, 1.82) is 0 Å². The van der Waals surface area contributed by atoms with E-state index in [1.807, 2.05) is 37.3 Å². The average molecular weight is 455 g/mol. The predicted molar refractivity (Wildman–Crippen MR) is 104 cm³/mol. The first-order valence-electron chi connectivity index (χ1n) is 7.54. The summed E-state index contributed by atoms with van der Waals surface area (Å²) in [5, 5.41) is 9.94. The van der Waals surface area contributed by atoms with Crippen LogP contribution in [-0.4, -0.2) is 21.0 Å². The molecule has 6 heteroatoms. The molecule has 0 radical (unpaired) electrons. The van der Waals surface area contributed by atoms with Crippen LogP contribution in [0.2, 0.25) is 5.02 Å². The van der Waals surface area contributed by atoms with E-state index < -0.39 is 5.97 Å². The lowest BCUT2D eigenvalue weighted by Gasteiger charge is -2.17. The molecule has 0 aliphatic carbocycles. The first-order valence-corrected chi connectivity index (χ1v) is 9.00. The highest BCUT2D eigenvalue weighted by molar-refractivity contribution is 14.1. The number of imidazole rings is 1. The number of nitrogens with zero attached hydrogens (tertiary/aromatic N) is 1. The molecule has 3 rings (SSSR count). The Hall–Kier alpha value is -1.60. The Balaban J connectivity index is 1.94. The number of aromatic amines is 1. The number of halogens is 2. The van der Waals surface area contributed by atoms with Crippen molar-refractivity contribution in [3.05, 3.63) is 61.9 Å². The minimum Gasteiger partial charge on any atom is -0.481 e. The van der Waals surface area contributed by atoms with Crippen molar-refractivity contribution in [2.24, 2.45) is 0 Å². The van der Waals surface area contributed by atoms with Crippen LogP contribution in [0.5, 0.6) is 0 Å². The molecule has 24 heavy (non-hydrogen) atoms. The smallest absolute Gasteiger partial charge is 0.303 e. The number of aliphatic carboxylic acids is 1. The maximum Gasteiger partial charge on any atom is 0.303 e. The maximum absolute atomic E-state index is 11.3. The van der Waals surface area contributed by atoms with Gasteiger partial charge in [-0.3, -0.25) is 4.79 Å². The van der Waals surface area contributed by atoms with E-state index in [-0.39, 0.29) is 12.3 Å². The molecule has 0 saturated carbocycles. The number of carboxylic acid groups (broad SMARTS) is 1. The van der Waals surface area contributed by atoms with Crippen LogP contribution in [0.4, 0.5) is 0 Å². The molecule has 2 aromatic carbocycles. The molecule has 3 aromatic rings. The molecule has 2 N–H and O–H groups in total. The second-order valence-corrected chi connectivity index (χ2v) is 7.53. The number of hydrogen-bond donors (Lipinski definition) is 2. The van der Waals surface area contributed by atoms with E-state index >= 15 is 0 Å². The fraction of sp³-hybridized carbons (Fsp3) is 0.222. The summed E-state index contributed by atoms with van der Waals surface area (Å²) >= 11 is 8.28. The highest BCUT2D eigenvalue weighted by atomic mass is 127. The van der Waals surface area contributed by atoms with Crippen LogP contribution in [-0.2, 0) is 11.2 Å². The van der Waals surface area contributed by atoms with Crippen LogP contribution in [0, 0.1) is 10.5 Å². The lowest BCUT2D eigenvalue weighted by Crippen LogP contribution is -2.11. The molecule has 4 nitrogen and oxygen atoms in total. The van der Waals surface area contributed by atoms with Crippen molar-refractivity contribution >= 4 is 51.2 Å². The number of carboxylic acids is 1. The van der Waals surface area contributed by atoms with Crippen LogP contribution < -0.4 is 0 Å². The number of aromatic nitrogens is 2. The number of hydrogen-bond acceptors (Lipinski definition) is 2. The van der Waals surface area contributed by atoms with Crippen LogP contribution in [0.15, 0.2) is 36.4 Å². The summed E-state index contributed by atoms with van der Waals surface area (Å²) in [6.45, 7) is 1.96. The van der Waals surface area contributed by atoms with Crippen LogP contribution in [0.3, 0.4) is 0 Å². The highest BCUT2D eigenvalue weighted by Crippen LogP contribution is 2.29. The highest BCUT2D eigenvalue weighted by Gasteiger charge is 2.20. The van der Waals surface area contributed by atoms with Crippen molar-refractivity contribution < 1.29 is 9.90 Å². The van der Waals surface area contributed by atoms with Gasteiger partial charge in [-0.2, -0.15) is 0 Å². The van der Waals surface area contributed by atoms with Crippen molar-refractivity contribution in [3.8, 4) is 0 Å². The van der Waals surface area contributed by atoms with Gasteiger partial charge in [0.2, 0.25) is 0 Å². The summed E-state index contributed by atoms with van der Waals surface area (Å²) in [5.41, 5.74) is 3.86. The first kappa shape index (κ1) is 17.2. The van der Waals surface area contributed by atoms with Crippen molar-refractivity contribution in [2.75, 3.05) is 0 Å². The van der Waals surface area contributed by atoms with Gasteiger partial charge in [-0.15, -0.1) is 0 Å². The zero-order valence-electron chi connectivity index (χ0n) is 13.0. The van der Waals surface area contributed by atoms with Crippen LogP contribution in [0.1, 0.15) is 29.3 Å². The standard InChI is InChI=1S/C18H16ClIN2O2/c1-10-6-12(19)2-4-14(10)11(8-18(23)24)7-17-21-15-5-3-13(20)9-16(15)22-17/h2-6,9,11H,7-8H2,1H3,(H,21,22)(H,23,24). The van der Waals surface area contributed by atoms with Gasteiger partial charge in [0.25, 0.3) is 0 Å². The summed E-state index contributed by atoms with van der Waals surface area (Å²) in [4.78, 5) is 19.2. The Labute approximate surface area is 158 Å². The van der Waals surface area contributed by atoms with E-state index in [0.717, 1.165) is 31.6 Å². The lowest BCUT2D eigenvalue weighted by molar-refractivity contribution is -0.137. The van der Waals surface area contributed by atoms with E-state index in [1.165, 1.54) is 0 Å². The molecule has 0 amide bonds. The molecule has 0 spiro atoms. The monoisotopic (exact) mass is 454 g/mol. The van der Waals surface area contributed by atoms with Gasteiger partial charge in [0.05, 0.1) is 17.5 Å². The Bertz CT molecular complexity index is 907. The Morgan fingerprint density at radius 3 is 2.83 bits per heavy atom. The van der Waals surface area contributed by atoms with Gasteiger partial charge in [-0.05, 0) is 71.0 Å². The Morgan fingerprint density at radius 2 is 2.12 bits per heavy atom. The number of carbonyl (C=O) groups is 1. The fourth-order valence-electron chi connectivity index (χ4n) is 2.96. The molecule has 0 fully saturated rings. The summed E-state index contributed by atoms with van der Waals surface area (Å²) in [7, 11) is 0. The average Bonchev–Trinajstić information content (AvgIpc) is 2.87. The normalized spacial score (nSPS) is 12.5. The van der Waals surface area contributed by atoms with Crippen LogP contribution >= 0.6 is 34.2 Å². The molecule has 0 saturated heterocycles. The van der Waals surface area contributed by atoms with E-state index in [4.69, 9.17) is 11.6 Å². The first-order chi connectivity index (χ1) is 11.4. The molecule has 124 valence electrons. The van der Waals surface area contributed by atoms with E-state index in [9.17, 15) is 9.90 Å². The van der Waals surface area contributed by atoms with Crippen molar-refractivity contribution in [3.63, 3.8) is 0 Å². The maximum atomic E-state index is 11.3. The summed E-state index contributed by atoms with van der Waals surface area (Å²) in [6, 6.07) is 11.6. The molecular weight excluding hydrogens is 439 g/mol.